The van der Waals surface area contributed by atoms with Crippen LogP contribution in [0.2, 0.25) is 0 Å². The fourth-order valence-corrected chi connectivity index (χ4v) is 3.32. The predicted octanol–water partition coefficient (Wildman–Crippen LogP) is 3.06. The maximum absolute atomic E-state index is 13.2. The molecule has 1 aromatic heterocycles. The Hall–Kier alpha value is -3.52. The van der Waals surface area contributed by atoms with Crippen molar-refractivity contribution < 1.29 is 14.0 Å². The van der Waals surface area contributed by atoms with E-state index in [4.69, 9.17) is 0 Å². The number of likely N-dealkylation sites (N-methyl/N-ethyl adjacent to an activating group) is 1. The number of aromatic nitrogens is 2. The van der Waals surface area contributed by atoms with Crippen molar-refractivity contribution in [2.45, 2.75) is 20.4 Å². The normalized spacial score (nSPS) is 10.9. The zero-order chi connectivity index (χ0) is 22.5. The van der Waals surface area contributed by atoms with E-state index in [0.717, 1.165) is 5.56 Å². The van der Waals surface area contributed by atoms with Gasteiger partial charge in [0.25, 0.3) is 5.91 Å². The smallest absolute Gasteiger partial charge is 0.255 e. The standard InChI is InChI=1S/C23H26FN5O2/c1-15-22(16(2)29(27-15)20-10-8-18(24)9-11-20)23(31)25-13-17-6-5-7-19(12-17)26-21(30)14-28(3)4/h5-12H,13-14H2,1-4H3,(H,25,31)(H,26,30). The van der Waals surface area contributed by atoms with Crippen molar-refractivity contribution in [3.63, 3.8) is 0 Å². The largest absolute Gasteiger partial charge is 0.348 e. The number of nitrogens with zero attached hydrogens (tertiary/aromatic N) is 3. The highest BCUT2D eigenvalue weighted by Crippen LogP contribution is 2.19. The predicted molar refractivity (Wildman–Crippen MR) is 118 cm³/mol. The Balaban J connectivity index is 1.69. The molecule has 2 N–H and O–H groups in total. The summed E-state index contributed by atoms with van der Waals surface area (Å²) in [5.74, 6) is -0.681. The zero-order valence-electron chi connectivity index (χ0n) is 18.1. The molecule has 8 heteroatoms. The summed E-state index contributed by atoms with van der Waals surface area (Å²) in [4.78, 5) is 26.6. The maximum atomic E-state index is 13.2. The molecule has 0 aliphatic heterocycles. The monoisotopic (exact) mass is 423 g/mol. The zero-order valence-corrected chi connectivity index (χ0v) is 18.1. The first-order chi connectivity index (χ1) is 14.7. The number of halogens is 1. The first kappa shape index (κ1) is 22.2. The minimum Gasteiger partial charge on any atom is -0.348 e. The van der Waals surface area contributed by atoms with Crippen LogP contribution in [0.15, 0.2) is 48.5 Å². The van der Waals surface area contributed by atoms with E-state index in [1.54, 1.807) is 41.6 Å². The van der Waals surface area contributed by atoms with Gasteiger partial charge in [0, 0.05) is 12.2 Å². The Kier molecular flexibility index (Phi) is 6.81. The molecule has 0 atom stereocenters. The summed E-state index contributed by atoms with van der Waals surface area (Å²) in [6.45, 7) is 4.16. The number of hydrogen-bond donors (Lipinski definition) is 2. The topological polar surface area (TPSA) is 79.3 Å². The first-order valence-electron chi connectivity index (χ1n) is 9.88. The van der Waals surface area contributed by atoms with Crippen LogP contribution < -0.4 is 10.6 Å². The van der Waals surface area contributed by atoms with E-state index in [1.807, 2.05) is 32.3 Å². The van der Waals surface area contributed by atoms with E-state index in [9.17, 15) is 14.0 Å². The maximum Gasteiger partial charge on any atom is 0.255 e. The molecular weight excluding hydrogens is 397 g/mol. The highest BCUT2D eigenvalue weighted by Gasteiger charge is 2.19. The summed E-state index contributed by atoms with van der Waals surface area (Å²) in [5, 5.41) is 10.2. The fraction of sp³-hybridized carbons (Fsp3) is 0.261. The molecule has 0 aliphatic rings. The van der Waals surface area contributed by atoms with Gasteiger partial charge in [0.05, 0.1) is 29.2 Å². The molecule has 0 spiro atoms. The summed E-state index contributed by atoms with van der Waals surface area (Å²) in [5.41, 5.74) is 3.96. The van der Waals surface area contributed by atoms with Gasteiger partial charge in [-0.15, -0.1) is 0 Å². The number of amides is 2. The van der Waals surface area contributed by atoms with Crippen molar-refractivity contribution in [2.75, 3.05) is 26.0 Å². The summed E-state index contributed by atoms with van der Waals surface area (Å²) in [6.07, 6.45) is 0. The summed E-state index contributed by atoms with van der Waals surface area (Å²) >= 11 is 0. The van der Waals surface area contributed by atoms with Crippen LogP contribution in [0, 0.1) is 19.7 Å². The van der Waals surface area contributed by atoms with Crippen LogP contribution in [0.1, 0.15) is 27.3 Å². The van der Waals surface area contributed by atoms with E-state index in [-0.39, 0.29) is 24.2 Å². The SMILES string of the molecule is Cc1nn(-c2ccc(F)cc2)c(C)c1C(=O)NCc1cccc(NC(=O)CN(C)C)c1. The number of carbonyl (C=O) groups excluding carboxylic acids is 2. The van der Waals surface area contributed by atoms with Crippen molar-refractivity contribution in [3.05, 3.63) is 76.9 Å². The van der Waals surface area contributed by atoms with Gasteiger partial charge in [-0.2, -0.15) is 5.10 Å². The Bertz CT molecular complexity index is 1090. The van der Waals surface area contributed by atoms with Crippen molar-refractivity contribution in [1.82, 2.24) is 20.0 Å². The minimum absolute atomic E-state index is 0.106. The van der Waals surface area contributed by atoms with Gasteiger partial charge in [0.1, 0.15) is 5.82 Å². The Morgan fingerprint density at radius 1 is 1.10 bits per heavy atom. The van der Waals surface area contributed by atoms with E-state index in [0.29, 0.717) is 34.9 Å². The van der Waals surface area contributed by atoms with Crippen molar-refractivity contribution in [2.24, 2.45) is 0 Å². The number of hydrogen-bond acceptors (Lipinski definition) is 4. The molecule has 0 fully saturated rings. The van der Waals surface area contributed by atoms with Crippen LogP contribution in [0.4, 0.5) is 10.1 Å². The second-order valence-electron chi connectivity index (χ2n) is 7.60. The lowest BCUT2D eigenvalue weighted by atomic mass is 10.1. The Morgan fingerprint density at radius 2 is 1.81 bits per heavy atom. The van der Waals surface area contributed by atoms with Gasteiger partial charge in [0.15, 0.2) is 0 Å². The molecule has 3 aromatic rings. The van der Waals surface area contributed by atoms with E-state index in [1.165, 1.54) is 12.1 Å². The number of carbonyl (C=O) groups is 2. The molecule has 2 amide bonds. The Morgan fingerprint density at radius 3 is 2.48 bits per heavy atom. The number of aryl methyl sites for hydroxylation is 1. The van der Waals surface area contributed by atoms with Crippen LogP contribution in [-0.4, -0.2) is 47.1 Å². The molecule has 31 heavy (non-hydrogen) atoms. The van der Waals surface area contributed by atoms with E-state index < -0.39 is 0 Å². The molecule has 3 rings (SSSR count). The van der Waals surface area contributed by atoms with Crippen LogP contribution in [0.25, 0.3) is 5.69 Å². The molecule has 2 aromatic carbocycles. The molecule has 0 unspecified atom stereocenters. The minimum atomic E-state index is -0.330. The van der Waals surface area contributed by atoms with Crippen molar-refractivity contribution >= 4 is 17.5 Å². The average Bonchev–Trinajstić information content (AvgIpc) is 3.00. The first-order valence-corrected chi connectivity index (χ1v) is 9.88. The molecule has 7 nitrogen and oxygen atoms in total. The molecule has 0 bridgehead atoms. The van der Waals surface area contributed by atoms with Crippen molar-refractivity contribution in [3.8, 4) is 5.69 Å². The lowest BCUT2D eigenvalue weighted by Crippen LogP contribution is -2.27. The molecule has 162 valence electrons. The summed E-state index contributed by atoms with van der Waals surface area (Å²) < 4.78 is 14.8. The highest BCUT2D eigenvalue weighted by molar-refractivity contribution is 5.96. The molecule has 0 aliphatic carbocycles. The van der Waals surface area contributed by atoms with E-state index >= 15 is 0 Å². The summed E-state index contributed by atoms with van der Waals surface area (Å²) in [7, 11) is 3.65. The lowest BCUT2D eigenvalue weighted by Gasteiger charge is -2.11. The van der Waals surface area contributed by atoms with Gasteiger partial charge >= 0.3 is 0 Å². The van der Waals surface area contributed by atoms with Gasteiger partial charge in [-0.25, -0.2) is 9.07 Å². The number of benzene rings is 2. The number of rotatable bonds is 7. The molecule has 1 heterocycles. The van der Waals surface area contributed by atoms with Gasteiger partial charge in [-0.05, 0) is 69.9 Å². The van der Waals surface area contributed by atoms with Gasteiger partial charge < -0.3 is 15.5 Å². The van der Waals surface area contributed by atoms with Crippen molar-refractivity contribution in [1.29, 1.82) is 0 Å². The van der Waals surface area contributed by atoms with Crippen LogP contribution >= 0.6 is 0 Å². The second-order valence-corrected chi connectivity index (χ2v) is 7.60. The van der Waals surface area contributed by atoms with Crippen LogP contribution in [0.5, 0.6) is 0 Å². The van der Waals surface area contributed by atoms with Crippen LogP contribution in [0.3, 0.4) is 0 Å². The third-order valence-corrected chi connectivity index (χ3v) is 4.71. The average molecular weight is 423 g/mol. The molecule has 0 saturated heterocycles. The fourth-order valence-electron chi connectivity index (χ4n) is 3.32. The Labute approximate surface area is 180 Å². The van der Waals surface area contributed by atoms with E-state index in [2.05, 4.69) is 15.7 Å². The highest BCUT2D eigenvalue weighted by atomic mass is 19.1. The third-order valence-electron chi connectivity index (χ3n) is 4.71. The van der Waals surface area contributed by atoms with Gasteiger partial charge in [0.2, 0.25) is 5.91 Å². The second kappa shape index (κ2) is 9.53. The summed E-state index contributed by atoms with van der Waals surface area (Å²) in [6, 6.07) is 13.3. The third kappa shape index (κ3) is 5.55. The van der Waals surface area contributed by atoms with Gasteiger partial charge in [-0.1, -0.05) is 12.1 Å². The number of nitrogens with one attached hydrogen (secondary N) is 2. The number of anilines is 1. The lowest BCUT2D eigenvalue weighted by molar-refractivity contribution is -0.116. The molecule has 0 radical (unpaired) electrons. The van der Waals surface area contributed by atoms with Gasteiger partial charge in [-0.3, -0.25) is 9.59 Å². The quantitative estimate of drug-likeness (QED) is 0.612. The molecule has 0 saturated carbocycles. The molecular formula is C23H26FN5O2. The van der Waals surface area contributed by atoms with Crippen LogP contribution in [-0.2, 0) is 11.3 Å².